The summed E-state index contributed by atoms with van der Waals surface area (Å²) in [5.41, 5.74) is 0. The van der Waals surface area contributed by atoms with Crippen LogP contribution in [-0.4, -0.2) is 26.2 Å². The molecule has 0 heterocycles. The molecule has 0 aliphatic heterocycles. The van der Waals surface area contributed by atoms with Gasteiger partial charge >= 0.3 is 0 Å². The number of rotatable bonds is 12. The summed E-state index contributed by atoms with van der Waals surface area (Å²) in [6, 6.07) is 0.331. The van der Waals surface area contributed by atoms with Crippen LogP contribution >= 0.6 is 0 Å². The molecule has 0 aromatic rings. The van der Waals surface area contributed by atoms with Crippen molar-refractivity contribution in [1.82, 2.24) is 16.0 Å². The Morgan fingerprint density at radius 2 is 2.06 bits per heavy atom. The van der Waals surface area contributed by atoms with Gasteiger partial charge in [0, 0.05) is 12.6 Å². The largest absolute Gasteiger partial charge is 0.369 e. The van der Waals surface area contributed by atoms with E-state index in [0.717, 1.165) is 31.8 Å². The van der Waals surface area contributed by atoms with Crippen LogP contribution in [0.3, 0.4) is 0 Å². The van der Waals surface area contributed by atoms with Gasteiger partial charge in [-0.3, -0.25) is 0 Å². The standard InChI is InChI=1S/C15H29N3/c1-5-10-15(17-12-6-2)18-14(7-3)11-8-9-13-16-4/h6-7,10,14,16-18H,2-3,5,8-9,11-13H2,1,4H3/b15-10-. The molecule has 0 fully saturated rings. The third kappa shape index (κ3) is 8.88. The summed E-state index contributed by atoms with van der Waals surface area (Å²) in [6.07, 6.45) is 10.5. The first-order valence-electron chi connectivity index (χ1n) is 6.87. The highest BCUT2D eigenvalue weighted by Gasteiger charge is 2.04. The molecule has 3 nitrogen and oxygen atoms in total. The van der Waals surface area contributed by atoms with Crippen LogP contribution in [0.15, 0.2) is 37.2 Å². The lowest BCUT2D eigenvalue weighted by Crippen LogP contribution is -2.34. The molecule has 3 heteroatoms. The second-order valence-corrected chi connectivity index (χ2v) is 4.28. The Bertz CT molecular complexity index is 246. The van der Waals surface area contributed by atoms with Gasteiger partial charge in [-0.2, -0.15) is 0 Å². The van der Waals surface area contributed by atoms with Crippen molar-refractivity contribution < 1.29 is 0 Å². The molecule has 0 amide bonds. The average molecular weight is 251 g/mol. The highest BCUT2D eigenvalue weighted by Crippen LogP contribution is 2.03. The van der Waals surface area contributed by atoms with Gasteiger partial charge in [-0.1, -0.05) is 19.1 Å². The van der Waals surface area contributed by atoms with Crippen LogP contribution in [0.4, 0.5) is 0 Å². The fourth-order valence-corrected chi connectivity index (χ4v) is 1.68. The predicted octanol–water partition coefficient (Wildman–Crippen LogP) is 2.55. The maximum absolute atomic E-state index is 3.90. The van der Waals surface area contributed by atoms with Crippen molar-refractivity contribution in [1.29, 1.82) is 0 Å². The van der Waals surface area contributed by atoms with E-state index in [0.29, 0.717) is 6.04 Å². The molecule has 0 aromatic heterocycles. The van der Waals surface area contributed by atoms with E-state index in [2.05, 4.69) is 42.1 Å². The molecular formula is C15H29N3. The molecule has 0 spiro atoms. The van der Waals surface area contributed by atoms with Crippen LogP contribution in [0, 0.1) is 0 Å². The van der Waals surface area contributed by atoms with E-state index in [1.165, 1.54) is 12.8 Å². The number of nitrogens with one attached hydrogen (secondary N) is 3. The molecule has 0 rings (SSSR count). The summed E-state index contributed by atoms with van der Waals surface area (Å²) < 4.78 is 0. The van der Waals surface area contributed by atoms with Crippen LogP contribution in [-0.2, 0) is 0 Å². The van der Waals surface area contributed by atoms with Crippen LogP contribution < -0.4 is 16.0 Å². The minimum Gasteiger partial charge on any atom is -0.369 e. The van der Waals surface area contributed by atoms with Crippen molar-refractivity contribution in [2.75, 3.05) is 20.1 Å². The molecule has 0 saturated heterocycles. The summed E-state index contributed by atoms with van der Waals surface area (Å²) in [4.78, 5) is 0. The average Bonchev–Trinajstić information content (AvgIpc) is 2.39. The van der Waals surface area contributed by atoms with Crippen molar-refractivity contribution >= 4 is 0 Å². The summed E-state index contributed by atoms with van der Waals surface area (Å²) >= 11 is 0. The highest BCUT2D eigenvalue weighted by molar-refractivity contribution is 5.03. The van der Waals surface area contributed by atoms with Gasteiger partial charge in [0.05, 0.1) is 5.82 Å². The van der Waals surface area contributed by atoms with Gasteiger partial charge in [0.15, 0.2) is 0 Å². The van der Waals surface area contributed by atoms with E-state index >= 15 is 0 Å². The zero-order valence-corrected chi connectivity index (χ0v) is 12.0. The quantitative estimate of drug-likeness (QED) is 0.368. The maximum Gasteiger partial charge on any atom is 0.0952 e. The molecule has 0 bridgehead atoms. The van der Waals surface area contributed by atoms with Crippen molar-refractivity contribution in [2.24, 2.45) is 0 Å². The fourth-order valence-electron chi connectivity index (χ4n) is 1.68. The first-order chi connectivity index (χ1) is 8.78. The monoisotopic (exact) mass is 251 g/mol. The SMILES string of the molecule is C=CCN/C(=C/CC)NC(C=C)CCCCNC. The van der Waals surface area contributed by atoms with Gasteiger partial charge in [-0.15, -0.1) is 13.2 Å². The number of unbranched alkanes of at least 4 members (excludes halogenated alkanes) is 1. The van der Waals surface area contributed by atoms with Crippen molar-refractivity contribution in [3.63, 3.8) is 0 Å². The van der Waals surface area contributed by atoms with E-state index in [9.17, 15) is 0 Å². The van der Waals surface area contributed by atoms with Gasteiger partial charge < -0.3 is 16.0 Å². The Kier molecular flexibility index (Phi) is 11.4. The summed E-state index contributed by atoms with van der Waals surface area (Å²) in [7, 11) is 1.99. The van der Waals surface area contributed by atoms with E-state index in [1.807, 2.05) is 19.2 Å². The van der Waals surface area contributed by atoms with Crippen LogP contribution in [0.2, 0.25) is 0 Å². The molecule has 3 N–H and O–H groups in total. The van der Waals surface area contributed by atoms with E-state index in [-0.39, 0.29) is 0 Å². The Balaban J connectivity index is 4.07. The molecule has 0 aromatic carbocycles. The molecular weight excluding hydrogens is 222 g/mol. The van der Waals surface area contributed by atoms with Crippen LogP contribution in [0.5, 0.6) is 0 Å². The minimum atomic E-state index is 0.331. The lowest BCUT2D eigenvalue weighted by atomic mass is 10.1. The molecule has 0 aliphatic carbocycles. The third-order valence-corrected chi connectivity index (χ3v) is 2.66. The van der Waals surface area contributed by atoms with Crippen LogP contribution in [0.1, 0.15) is 32.6 Å². The Labute approximate surface area is 112 Å². The zero-order chi connectivity index (χ0) is 13.6. The molecule has 104 valence electrons. The molecule has 1 atom stereocenters. The second-order valence-electron chi connectivity index (χ2n) is 4.28. The van der Waals surface area contributed by atoms with E-state index in [1.54, 1.807) is 0 Å². The van der Waals surface area contributed by atoms with E-state index in [4.69, 9.17) is 0 Å². The van der Waals surface area contributed by atoms with Crippen molar-refractivity contribution in [3.8, 4) is 0 Å². The minimum absolute atomic E-state index is 0.331. The summed E-state index contributed by atoms with van der Waals surface area (Å²) in [5.74, 6) is 1.08. The first kappa shape index (κ1) is 16.8. The second kappa shape index (κ2) is 12.2. The van der Waals surface area contributed by atoms with Crippen molar-refractivity contribution in [3.05, 3.63) is 37.2 Å². The Morgan fingerprint density at radius 3 is 2.61 bits per heavy atom. The molecule has 18 heavy (non-hydrogen) atoms. The summed E-state index contributed by atoms with van der Waals surface area (Å²) in [5, 5.41) is 9.96. The van der Waals surface area contributed by atoms with Gasteiger partial charge in [0.25, 0.3) is 0 Å². The fraction of sp³-hybridized carbons (Fsp3) is 0.600. The van der Waals surface area contributed by atoms with Gasteiger partial charge in [0.1, 0.15) is 0 Å². The van der Waals surface area contributed by atoms with Gasteiger partial charge in [0.2, 0.25) is 0 Å². The van der Waals surface area contributed by atoms with Crippen LogP contribution in [0.25, 0.3) is 0 Å². The third-order valence-electron chi connectivity index (χ3n) is 2.66. The number of hydrogen-bond donors (Lipinski definition) is 3. The lowest BCUT2D eigenvalue weighted by Gasteiger charge is -2.19. The Hall–Kier alpha value is -1.22. The number of allylic oxidation sites excluding steroid dienone is 1. The van der Waals surface area contributed by atoms with Gasteiger partial charge in [-0.05, 0) is 45.4 Å². The smallest absolute Gasteiger partial charge is 0.0952 e. The zero-order valence-electron chi connectivity index (χ0n) is 12.0. The van der Waals surface area contributed by atoms with E-state index < -0.39 is 0 Å². The topological polar surface area (TPSA) is 36.1 Å². The number of hydrogen-bond acceptors (Lipinski definition) is 3. The summed E-state index contributed by atoms with van der Waals surface area (Å²) in [6.45, 7) is 11.6. The molecule has 0 radical (unpaired) electrons. The van der Waals surface area contributed by atoms with Gasteiger partial charge in [-0.25, -0.2) is 0 Å². The normalized spacial score (nSPS) is 12.9. The highest BCUT2D eigenvalue weighted by atomic mass is 15.1. The first-order valence-corrected chi connectivity index (χ1v) is 6.87. The molecule has 0 aliphatic rings. The lowest BCUT2D eigenvalue weighted by molar-refractivity contribution is 0.542. The molecule has 0 saturated carbocycles. The Morgan fingerprint density at radius 1 is 1.28 bits per heavy atom. The predicted molar refractivity (Wildman–Crippen MR) is 81.5 cm³/mol. The maximum atomic E-state index is 3.90. The molecule has 1 unspecified atom stereocenters. The van der Waals surface area contributed by atoms with Crippen molar-refractivity contribution in [2.45, 2.75) is 38.6 Å².